The monoisotopic (exact) mass is 319 g/mol. The van der Waals surface area contributed by atoms with Gasteiger partial charge in [0.25, 0.3) is 0 Å². The minimum atomic E-state index is -0.326. The van der Waals surface area contributed by atoms with E-state index in [1.54, 1.807) is 4.90 Å². The Kier molecular flexibility index (Phi) is 3.79. The molecule has 1 atom stereocenters. The minimum Gasteiger partial charge on any atom is -0.490 e. The van der Waals surface area contributed by atoms with Gasteiger partial charge in [0, 0.05) is 5.39 Å². The number of nitrogens with zero attached hydrogens (tertiary/aromatic N) is 1. The number of fused-ring (bicyclic) bond motifs is 1. The van der Waals surface area contributed by atoms with E-state index in [2.05, 4.69) is 0 Å². The lowest BCUT2D eigenvalue weighted by Crippen LogP contribution is -2.26. The van der Waals surface area contributed by atoms with Crippen molar-refractivity contribution in [3.05, 3.63) is 72.8 Å². The van der Waals surface area contributed by atoms with Crippen LogP contribution < -0.4 is 9.64 Å². The summed E-state index contributed by atoms with van der Waals surface area (Å²) in [7, 11) is 0. The summed E-state index contributed by atoms with van der Waals surface area (Å²) in [5, 5.41) is 2.15. The van der Waals surface area contributed by atoms with Crippen molar-refractivity contribution in [1.29, 1.82) is 0 Å². The molecule has 0 radical (unpaired) electrons. The number of amides is 1. The van der Waals surface area contributed by atoms with E-state index in [1.807, 2.05) is 72.8 Å². The lowest BCUT2D eigenvalue weighted by atomic mass is 10.1. The maximum atomic E-state index is 12.3. The summed E-state index contributed by atoms with van der Waals surface area (Å²) < 4.78 is 11.2. The molecule has 0 aliphatic carbocycles. The molecule has 0 spiro atoms. The Labute approximate surface area is 140 Å². The molecule has 4 rings (SSSR count). The number of hydrogen-bond donors (Lipinski definition) is 0. The van der Waals surface area contributed by atoms with Crippen LogP contribution in [0.1, 0.15) is 0 Å². The maximum Gasteiger partial charge on any atom is 0.414 e. The fraction of sp³-hybridized carbons (Fsp3) is 0.150. The van der Waals surface area contributed by atoms with Crippen molar-refractivity contribution in [1.82, 2.24) is 0 Å². The van der Waals surface area contributed by atoms with Crippen LogP contribution in [0.4, 0.5) is 10.5 Å². The second-order valence-corrected chi connectivity index (χ2v) is 5.74. The third-order valence-corrected chi connectivity index (χ3v) is 4.11. The summed E-state index contributed by atoms with van der Waals surface area (Å²) in [6, 6.07) is 23.5. The molecule has 24 heavy (non-hydrogen) atoms. The van der Waals surface area contributed by atoms with E-state index in [-0.39, 0.29) is 12.2 Å². The van der Waals surface area contributed by atoms with Crippen molar-refractivity contribution in [3.63, 3.8) is 0 Å². The topological polar surface area (TPSA) is 38.8 Å². The molecule has 3 aromatic carbocycles. The van der Waals surface area contributed by atoms with E-state index in [0.29, 0.717) is 13.2 Å². The minimum absolute atomic E-state index is 0.281. The Morgan fingerprint density at radius 3 is 2.58 bits per heavy atom. The molecule has 0 aromatic heterocycles. The quantitative estimate of drug-likeness (QED) is 0.722. The number of hydrogen-bond acceptors (Lipinski definition) is 3. The number of benzene rings is 3. The van der Waals surface area contributed by atoms with E-state index in [0.717, 1.165) is 22.2 Å². The number of carbonyl (C=O) groups is 1. The summed E-state index contributed by atoms with van der Waals surface area (Å²) in [4.78, 5) is 14.0. The fourth-order valence-electron chi connectivity index (χ4n) is 2.95. The standard InChI is InChI=1S/C20H17NO3/c22-20-21(19-12-6-8-15-7-4-5-11-18(15)19)13-17(24-20)14-23-16-9-2-1-3-10-16/h1-12,17H,13-14H2. The van der Waals surface area contributed by atoms with Gasteiger partial charge < -0.3 is 9.47 Å². The average molecular weight is 319 g/mol. The van der Waals surface area contributed by atoms with Gasteiger partial charge in [-0.3, -0.25) is 4.90 Å². The third-order valence-electron chi connectivity index (χ3n) is 4.11. The van der Waals surface area contributed by atoms with Crippen LogP contribution in [0.2, 0.25) is 0 Å². The van der Waals surface area contributed by atoms with Gasteiger partial charge >= 0.3 is 6.09 Å². The first kappa shape index (κ1) is 14.6. The van der Waals surface area contributed by atoms with E-state index in [4.69, 9.17) is 9.47 Å². The molecule has 0 saturated carbocycles. The molecule has 1 saturated heterocycles. The van der Waals surface area contributed by atoms with Crippen molar-refractivity contribution < 1.29 is 14.3 Å². The summed E-state index contributed by atoms with van der Waals surface area (Å²) in [5.74, 6) is 0.775. The molecule has 0 bridgehead atoms. The second-order valence-electron chi connectivity index (χ2n) is 5.74. The first-order valence-corrected chi connectivity index (χ1v) is 7.95. The number of cyclic esters (lactones) is 1. The van der Waals surface area contributed by atoms with Crippen LogP contribution in [0.3, 0.4) is 0 Å². The summed E-state index contributed by atoms with van der Waals surface area (Å²) >= 11 is 0. The van der Waals surface area contributed by atoms with Crippen LogP contribution in [0.15, 0.2) is 72.8 Å². The van der Waals surface area contributed by atoms with Crippen molar-refractivity contribution in [2.24, 2.45) is 0 Å². The Hall–Kier alpha value is -3.01. The highest BCUT2D eigenvalue weighted by atomic mass is 16.6. The second kappa shape index (κ2) is 6.24. The van der Waals surface area contributed by atoms with Crippen LogP contribution in [0.25, 0.3) is 10.8 Å². The van der Waals surface area contributed by atoms with Crippen LogP contribution >= 0.6 is 0 Å². The maximum absolute atomic E-state index is 12.3. The van der Waals surface area contributed by atoms with E-state index in [1.165, 1.54) is 0 Å². The molecule has 3 aromatic rings. The van der Waals surface area contributed by atoms with Gasteiger partial charge in [-0.1, -0.05) is 54.6 Å². The normalized spacial score (nSPS) is 17.1. The van der Waals surface area contributed by atoms with Crippen LogP contribution in [-0.4, -0.2) is 25.3 Å². The molecule has 120 valence electrons. The van der Waals surface area contributed by atoms with Crippen LogP contribution in [-0.2, 0) is 4.74 Å². The molecule has 1 fully saturated rings. The molecular weight excluding hydrogens is 302 g/mol. The van der Waals surface area contributed by atoms with Crippen molar-refractivity contribution in [3.8, 4) is 5.75 Å². The van der Waals surface area contributed by atoms with Crippen molar-refractivity contribution >= 4 is 22.6 Å². The Balaban J connectivity index is 1.51. The van der Waals surface area contributed by atoms with Crippen molar-refractivity contribution in [2.45, 2.75) is 6.10 Å². The lowest BCUT2D eigenvalue weighted by molar-refractivity contribution is 0.105. The zero-order chi connectivity index (χ0) is 16.4. The Morgan fingerprint density at radius 1 is 0.958 bits per heavy atom. The van der Waals surface area contributed by atoms with E-state index >= 15 is 0 Å². The number of ether oxygens (including phenoxy) is 2. The van der Waals surface area contributed by atoms with Crippen molar-refractivity contribution in [2.75, 3.05) is 18.1 Å². The third kappa shape index (κ3) is 2.78. The lowest BCUT2D eigenvalue weighted by Gasteiger charge is -2.15. The van der Waals surface area contributed by atoms with Gasteiger partial charge in [0.1, 0.15) is 12.4 Å². The number of carbonyl (C=O) groups excluding carboxylic acids is 1. The van der Waals surface area contributed by atoms with Gasteiger partial charge in [-0.2, -0.15) is 0 Å². The first-order chi connectivity index (χ1) is 11.8. The molecule has 1 heterocycles. The van der Waals surface area contributed by atoms with Crippen LogP contribution in [0.5, 0.6) is 5.75 Å². The SMILES string of the molecule is O=C1OC(COc2ccccc2)CN1c1cccc2ccccc12. The number of para-hydroxylation sites is 1. The molecule has 1 aliphatic heterocycles. The van der Waals surface area contributed by atoms with Gasteiger partial charge in [0.2, 0.25) is 0 Å². The highest BCUT2D eigenvalue weighted by Gasteiger charge is 2.33. The first-order valence-electron chi connectivity index (χ1n) is 7.95. The zero-order valence-corrected chi connectivity index (χ0v) is 13.1. The molecule has 4 heteroatoms. The predicted octanol–water partition coefficient (Wildman–Crippen LogP) is 4.24. The Morgan fingerprint density at radius 2 is 1.71 bits per heavy atom. The summed E-state index contributed by atoms with van der Waals surface area (Å²) in [5.41, 5.74) is 0.875. The van der Waals surface area contributed by atoms with Crippen LogP contribution in [0, 0.1) is 0 Å². The molecule has 0 N–H and O–H groups in total. The molecule has 1 aliphatic rings. The average Bonchev–Trinajstić information content (AvgIpc) is 3.01. The fourth-order valence-corrected chi connectivity index (χ4v) is 2.95. The molecular formula is C20H17NO3. The number of anilines is 1. The van der Waals surface area contributed by atoms with Gasteiger partial charge in [0.15, 0.2) is 6.10 Å². The molecule has 4 nitrogen and oxygen atoms in total. The van der Waals surface area contributed by atoms with E-state index < -0.39 is 0 Å². The summed E-state index contributed by atoms with van der Waals surface area (Å²) in [6.07, 6.45) is -0.607. The predicted molar refractivity (Wildman–Crippen MR) is 93.5 cm³/mol. The van der Waals surface area contributed by atoms with Gasteiger partial charge in [-0.05, 0) is 23.6 Å². The molecule has 1 amide bonds. The van der Waals surface area contributed by atoms with E-state index in [9.17, 15) is 4.79 Å². The van der Waals surface area contributed by atoms with Gasteiger partial charge in [0.05, 0.1) is 12.2 Å². The van der Waals surface area contributed by atoms with Gasteiger partial charge in [-0.25, -0.2) is 4.79 Å². The van der Waals surface area contributed by atoms with Gasteiger partial charge in [-0.15, -0.1) is 0 Å². The molecule has 1 unspecified atom stereocenters. The Bertz CT molecular complexity index is 858. The highest BCUT2D eigenvalue weighted by molar-refractivity contribution is 6.02. The summed E-state index contributed by atoms with van der Waals surface area (Å²) in [6.45, 7) is 0.830. The number of rotatable bonds is 4. The largest absolute Gasteiger partial charge is 0.490 e. The zero-order valence-electron chi connectivity index (χ0n) is 13.1. The smallest absolute Gasteiger partial charge is 0.414 e. The highest BCUT2D eigenvalue weighted by Crippen LogP contribution is 2.30.